The van der Waals surface area contributed by atoms with Crippen LogP contribution >= 0.6 is 0 Å². The van der Waals surface area contributed by atoms with Crippen molar-refractivity contribution in [2.75, 3.05) is 0 Å². The maximum Gasteiger partial charge on any atom is 0.258 e. The van der Waals surface area contributed by atoms with Crippen LogP contribution in [0.3, 0.4) is 0 Å². The lowest BCUT2D eigenvalue weighted by Crippen LogP contribution is -2.47. The smallest absolute Gasteiger partial charge is 0.258 e. The molecule has 2 heteroatoms. The molecule has 0 spiro atoms. The van der Waals surface area contributed by atoms with Gasteiger partial charge >= 0.3 is 0 Å². The van der Waals surface area contributed by atoms with Gasteiger partial charge in [-0.15, -0.1) is 0 Å². The minimum absolute atomic E-state index is 0.598. The van der Waals surface area contributed by atoms with Crippen LogP contribution in [0.2, 0.25) is 16.6 Å². The monoisotopic (exact) mass is 290 g/mol. The molecule has 0 N–H and O–H groups in total. The topological polar surface area (TPSA) is 9.23 Å². The Labute approximate surface area is 126 Å². The van der Waals surface area contributed by atoms with Crippen LogP contribution in [0.15, 0.2) is 36.4 Å². The first-order valence-corrected chi connectivity index (χ1v) is 9.91. The standard InChI is InChI=1S/C18H30OSi/c1-8-18(17-12-10-9-11-13-17)19-20(14(2)3,15(4)5)16(6)7/h8-16H,1-7H3/b18-8+. The summed E-state index contributed by atoms with van der Waals surface area (Å²) in [6.07, 6.45) is 2.12. The summed E-state index contributed by atoms with van der Waals surface area (Å²) in [4.78, 5) is 0. The Bertz CT molecular complexity index is 410. The molecule has 1 nitrogen and oxygen atoms in total. The molecule has 0 unspecified atom stereocenters. The maximum absolute atomic E-state index is 6.76. The van der Waals surface area contributed by atoms with Gasteiger partial charge in [-0.1, -0.05) is 71.9 Å². The van der Waals surface area contributed by atoms with Crippen molar-refractivity contribution in [1.82, 2.24) is 0 Å². The van der Waals surface area contributed by atoms with Crippen LogP contribution in [-0.4, -0.2) is 8.32 Å². The zero-order valence-corrected chi connectivity index (χ0v) is 15.1. The Morgan fingerprint density at radius 2 is 1.35 bits per heavy atom. The number of allylic oxidation sites excluding steroid dienone is 1. The van der Waals surface area contributed by atoms with E-state index in [1.54, 1.807) is 0 Å². The maximum atomic E-state index is 6.76. The highest BCUT2D eigenvalue weighted by molar-refractivity contribution is 6.78. The van der Waals surface area contributed by atoms with Gasteiger partial charge in [0.25, 0.3) is 8.32 Å². The fourth-order valence-electron chi connectivity index (χ4n) is 3.43. The molecular weight excluding hydrogens is 260 g/mol. The third-order valence-electron chi connectivity index (χ3n) is 4.31. The zero-order valence-electron chi connectivity index (χ0n) is 14.1. The molecule has 112 valence electrons. The molecule has 0 saturated carbocycles. The van der Waals surface area contributed by atoms with E-state index in [1.807, 2.05) is 0 Å². The number of rotatable bonds is 6. The molecule has 0 heterocycles. The molecule has 0 aliphatic rings. The first kappa shape index (κ1) is 17.0. The minimum atomic E-state index is -1.86. The second kappa shape index (κ2) is 7.12. The third kappa shape index (κ3) is 3.35. The third-order valence-corrected chi connectivity index (χ3v) is 10.3. The Hall–Kier alpha value is -1.02. The van der Waals surface area contributed by atoms with Gasteiger partial charge in [-0.2, -0.15) is 0 Å². The number of hydrogen-bond donors (Lipinski definition) is 0. The Morgan fingerprint density at radius 1 is 0.900 bits per heavy atom. The van der Waals surface area contributed by atoms with Gasteiger partial charge in [0.1, 0.15) is 5.76 Å². The zero-order chi connectivity index (χ0) is 15.3. The van der Waals surface area contributed by atoms with Crippen LogP contribution in [0.25, 0.3) is 5.76 Å². The molecule has 0 amide bonds. The lowest BCUT2D eigenvalue weighted by molar-refractivity contribution is 0.444. The number of hydrogen-bond acceptors (Lipinski definition) is 1. The Balaban J connectivity index is 3.18. The molecule has 0 saturated heterocycles. The van der Waals surface area contributed by atoms with E-state index in [-0.39, 0.29) is 0 Å². The first-order valence-electron chi connectivity index (χ1n) is 7.77. The van der Waals surface area contributed by atoms with E-state index in [1.165, 1.54) is 5.56 Å². The van der Waals surface area contributed by atoms with Crippen LogP contribution in [0.1, 0.15) is 54.0 Å². The molecule has 1 aromatic rings. The van der Waals surface area contributed by atoms with Gasteiger partial charge in [0.2, 0.25) is 0 Å². The molecule has 20 heavy (non-hydrogen) atoms. The van der Waals surface area contributed by atoms with Crippen LogP contribution in [0.4, 0.5) is 0 Å². The highest BCUT2D eigenvalue weighted by Crippen LogP contribution is 2.44. The fourth-order valence-corrected chi connectivity index (χ4v) is 8.75. The average Bonchev–Trinajstić information content (AvgIpc) is 2.39. The van der Waals surface area contributed by atoms with Gasteiger partial charge in [0, 0.05) is 5.56 Å². The van der Waals surface area contributed by atoms with Crippen LogP contribution in [0, 0.1) is 0 Å². The second-order valence-electron chi connectivity index (χ2n) is 6.44. The van der Waals surface area contributed by atoms with Crippen LogP contribution in [0.5, 0.6) is 0 Å². The quantitative estimate of drug-likeness (QED) is 0.445. The summed E-state index contributed by atoms with van der Waals surface area (Å²) < 4.78 is 6.76. The molecule has 0 aromatic heterocycles. The summed E-state index contributed by atoms with van der Waals surface area (Å²) in [6.45, 7) is 16.0. The van der Waals surface area contributed by atoms with Crippen molar-refractivity contribution in [3.05, 3.63) is 42.0 Å². The van der Waals surface area contributed by atoms with E-state index >= 15 is 0 Å². The van der Waals surface area contributed by atoms with Crippen LogP contribution < -0.4 is 0 Å². The van der Waals surface area contributed by atoms with Crippen molar-refractivity contribution in [2.24, 2.45) is 0 Å². The summed E-state index contributed by atoms with van der Waals surface area (Å²) in [7, 11) is -1.86. The predicted octanol–water partition coefficient (Wildman–Crippen LogP) is 6.24. The normalized spacial score (nSPS) is 13.4. The summed E-state index contributed by atoms with van der Waals surface area (Å²) in [6, 6.07) is 10.5. The van der Waals surface area contributed by atoms with E-state index in [4.69, 9.17) is 4.43 Å². The van der Waals surface area contributed by atoms with Gasteiger partial charge in [-0.3, -0.25) is 0 Å². The second-order valence-corrected chi connectivity index (χ2v) is 11.8. The highest BCUT2D eigenvalue weighted by atomic mass is 28.4. The van der Waals surface area contributed by atoms with Crippen molar-refractivity contribution in [3.8, 4) is 0 Å². The SMILES string of the molecule is C/C=C(/O[Si](C(C)C)(C(C)C)C(C)C)c1ccccc1. The van der Waals surface area contributed by atoms with E-state index in [0.29, 0.717) is 16.6 Å². The lowest BCUT2D eigenvalue weighted by atomic mass is 10.2. The van der Waals surface area contributed by atoms with Crippen molar-refractivity contribution in [2.45, 2.75) is 65.1 Å². The van der Waals surface area contributed by atoms with Gasteiger partial charge in [0.05, 0.1) is 0 Å². The Kier molecular flexibility index (Phi) is 6.06. The summed E-state index contributed by atoms with van der Waals surface area (Å²) in [5, 5.41) is 0. The van der Waals surface area contributed by atoms with E-state index in [9.17, 15) is 0 Å². The van der Waals surface area contributed by atoms with Gasteiger partial charge in [-0.25, -0.2) is 0 Å². The van der Waals surface area contributed by atoms with Gasteiger partial charge in [-0.05, 0) is 29.6 Å². The van der Waals surface area contributed by atoms with Crippen molar-refractivity contribution < 1.29 is 4.43 Å². The summed E-state index contributed by atoms with van der Waals surface area (Å²) in [5.41, 5.74) is 2.98. The Morgan fingerprint density at radius 3 is 1.70 bits per heavy atom. The minimum Gasteiger partial charge on any atom is -0.543 e. The van der Waals surface area contributed by atoms with E-state index in [2.05, 4.69) is 84.9 Å². The van der Waals surface area contributed by atoms with Crippen molar-refractivity contribution >= 4 is 14.1 Å². The molecule has 1 rings (SSSR count). The average molecular weight is 291 g/mol. The van der Waals surface area contributed by atoms with E-state index in [0.717, 1.165) is 5.76 Å². The van der Waals surface area contributed by atoms with Gasteiger partial charge in [0.15, 0.2) is 0 Å². The summed E-state index contributed by atoms with van der Waals surface area (Å²) >= 11 is 0. The van der Waals surface area contributed by atoms with E-state index < -0.39 is 8.32 Å². The predicted molar refractivity (Wildman–Crippen MR) is 92.2 cm³/mol. The molecule has 0 atom stereocenters. The fraction of sp³-hybridized carbons (Fsp3) is 0.556. The largest absolute Gasteiger partial charge is 0.543 e. The highest BCUT2D eigenvalue weighted by Gasteiger charge is 2.47. The van der Waals surface area contributed by atoms with Crippen molar-refractivity contribution in [3.63, 3.8) is 0 Å². The van der Waals surface area contributed by atoms with Crippen molar-refractivity contribution in [1.29, 1.82) is 0 Å². The molecule has 0 aliphatic heterocycles. The first-order chi connectivity index (χ1) is 9.36. The molecule has 0 aliphatic carbocycles. The number of benzene rings is 1. The molecule has 0 radical (unpaired) electrons. The van der Waals surface area contributed by atoms with Crippen LogP contribution in [-0.2, 0) is 4.43 Å². The summed E-state index contributed by atoms with van der Waals surface area (Å²) in [5.74, 6) is 1.05. The molecule has 1 aromatic carbocycles. The van der Waals surface area contributed by atoms with Gasteiger partial charge < -0.3 is 4.43 Å². The molecule has 0 bridgehead atoms. The molecule has 0 fully saturated rings. The lowest BCUT2D eigenvalue weighted by Gasteiger charge is -2.43. The molecular formula is C18H30OSi.